The van der Waals surface area contributed by atoms with Crippen LogP contribution in [0.1, 0.15) is 51.5 Å². The Morgan fingerprint density at radius 3 is 2.63 bits per heavy atom. The molecular formula is C20H22N2O5. The number of nitrogens with one attached hydrogen (secondary N) is 1. The Labute approximate surface area is 157 Å². The molecule has 2 aromatic rings. The lowest BCUT2D eigenvalue weighted by Crippen LogP contribution is -2.48. The Balaban J connectivity index is 1.78. The number of rotatable bonds is 4. The highest BCUT2D eigenvalue weighted by molar-refractivity contribution is 6.06. The monoisotopic (exact) mass is 370 g/mol. The number of carboxylic acids is 1. The Morgan fingerprint density at radius 1 is 1.19 bits per heavy atom. The first-order chi connectivity index (χ1) is 12.9. The van der Waals surface area contributed by atoms with Gasteiger partial charge in [0.1, 0.15) is 17.6 Å². The maximum Gasteiger partial charge on any atom is 0.326 e. The smallest absolute Gasteiger partial charge is 0.326 e. The van der Waals surface area contributed by atoms with Gasteiger partial charge in [0, 0.05) is 17.8 Å². The van der Waals surface area contributed by atoms with Crippen LogP contribution in [0.2, 0.25) is 0 Å². The van der Waals surface area contributed by atoms with E-state index in [1.54, 1.807) is 44.2 Å². The third-order valence-corrected chi connectivity index (χ3v) is 4.70. The van der Waals surface area contributed by atoms with E-state index in [1.165, 1.54) is 4.90 Å². The number of hydrogen-bond donors (Lipinski definition) is 2. The van der Waals surface area contributed by atoms with Crippen LogP contribution in [0.3, 0.4) is 0 Å². The minimum absolute atomic E-state index is 0.324. The summed E-state index contributed by atoms with van der Waals surface area (Å²) in [5.74, 6) is -0.483. The number of anilines is 1. The van der Waals surface area contributed by atoms with Crippen LogP contribution in [0.25, 0.3) is 0 Å². The number of benzene rings is 1. The van der Waals surface area contributed by atoms with Crippen LogP contribution in [0, 0.1) is 13.8 Å². The molecule has 1 aliphatic rings. The van der Waals surface area contributed by atoms with Crippen molar-refractivity contribution >= 4 is 23.5 Å². The molecule has 0 spiro atoms. The molecule has 0 saturated carbocycles. The molecule has 0 aliphatic carbocycles. The minimum atomic E-state index is -0.988. The van der Waals surface area contributed by atoms with Crippen LogP contribution in [0.4, 0.5) is 5.69 Å². The van der Waals surface area contributed by atoms with Gasteiger partial charge in [0.05, 0.1) is 5.56 Å². The molecule has 0 radical (unpaired) electrons. The van der Waals surface area contributed by atoms with E-state index in [2.05, 4.69) is 5.32 Å². The highest BCUT2D eigenvalue weighted by Gasteiger charge is 2.32. The van der Waals surface area contributed by atoms with Crippen molar-refractivity contribution in [1.82, 2.24) is 4.90 Å². The standard InChI is InChI=1S/C20H22N2O5/c1-12-10-16(13(2)27-12)18(23)21-15-7-5-6-14(11-15)19(24)22-9-4-3-8-17(22)20(25)26/h5-7,10-11,17H,3-4,8-9H2,1-2H3,(H,21,23)(H,25,26). The number of amides is 2. The van der Waals surface area contributed by atoms with Gasteiger partial charge in [-0.2, -0.15) is 0 Å². The van der Waals surface area contributed by atoms with Crippen LogP contribution >= 0.6 is 0 Å². The first-order valence-electron chi connectivity index (χ1n) is 8.89. The van der Waals surface area contributed by atoms with Crippen molar-refractivity contribution in [1.29, 1.82) is 0 Å². The van der Waals surface area contributed by atoms with Crippen molar-refractivity contribution in [3.05, 3.63) is 53.0 Å². The van der Waals surface area contributed by atoms with Crippen molar-refractivity contribution in [2.45, 2.75) is 39.2 Å². The van der Waals surface area contributed by atoms with E-state index in [9.17, 15) is 19.5 Å². The molecule has 27 heavy (non-hydrogen) atoms. The van der Waals surface area contributed by atoms with E-state index in [4.69, 9.17) is 4.42 Å². The average Bonchev–Trinajstić information content (AvgIpc) is 2.99. The number of nitrogens with zero attached hydrogens (tertiary/aromatic N) is 1. The maximum atomic E-state index is 12.8. The molecule has 1 aliphatic heterocycles. The zero-order valence-corrected chi connectivity index (χ0v) is 15.3. The van der Waals surface area contributed by atoms with Gasteiger partial charge in [-0.15, -0.1) is 0 Å². The third-order valence-electron chi connectivity index (χ3n) is 4.70. The molecule has 1 aromatic heterocycles. The van der Waals surface area contributed by atoms with Gasteiger partial charge in [-0.3, -0.25) is 9.59 Å². The average molecular weight is 370 g/mol. The molecule has 2 amide bonds. The Kier molecular flexibility index (Phi) is 5.30. The van der Waals surface area contributed by atoms with Gasteiger partial charge < -0.3 is 19.7 Å². The van der Waals surface area contributed by atoms with Gasteiger partial charge in [-0.05, 0) is 57.4 Å². The first-order valence-corrected chi connectivity index (χ1v) is 8.89. The number of carboxylic acid groups (broad SMARTS) is 1. The van der Waals surface area contributed by atoms with Crippen LogP contribution in [-0.4, -0.2) is 40.4 Å². The van der Waals surface area contributed by atoms with Crippen molar-refractivity contribution in [2.24, 2.45) is 0 Å². The molecular weight excluding hydrogens is 348 g/mol. The first kappa shape index (κ1) is 18.7. The lowest BCUT2D eigenvalue weighted by molar-refractivity contribution is -0.143. The lowest BCUT2D eigenvalue weighted by Gasteiger charge is -2.33. The summed E-state index contributed by atoms with van der Waals surface area (Å²) < 4.78 is 5.37. The number of hydrogen-bond acceptors (Lipinski definition) is 4. The number of aliphatic carboxylic acids is 1. The highest BCUT2D eigenvalue weighted by Crippen LogP contribution is 2.22. The topological polar surface area (TPSA) is 99.9 Å². The Morgan fingerprint density at radius 2 is 1.96 bits per heavy atom. The number of furan rings is 1. The molecule has 1 atom stereocenters. The van der Waals surface area contributed by atoms with E-state index in [1.807, 2.05) is 0 Å². The summed E-state index contributed by atoms with van der Waals surface area (Å²) in [6.07, 6.45) is 2.03. The van der Waals surface area contributed by atoms with E-state index in [-0.39, 0.29) is 11.8 Å². The van der Waals surface area contributed by atoms with Gasteiger partial charge in [-0.1, -0.05) is 6.07 Å². The van der Waals surface area contributed by atoms with E-state index in [0.717, 1.165) is 12.8 Å². The van der Waals surface area contributed by atoms with Crippen molar-refractivity contribution < 1.29 is 23.9 Å². The van der Waals surface area contributed by atoms with E-state index < -0.39 is 12.0 Å². The summed E-state index contributed by atoms with van der Waals surface area (Å²) in [6.45, 7) is 3.89. The summed E-state index contributed by atoms with van der Waals surface area (Å²) in [7, 11) is 0. The second-order valence-electron chi connectivity index (χ2n) is 6.71. The Hall–Kier alpha value is -3.09. The fourth-order valence-electron chi connectivity index (χ4n) is 3.38. The molecule has 7 heteroatoms. The predicted molar refractivity (Wildman–Crippen MR) is 98.9 cm³/mol. The Bertz CT molecular complexity index is 886. The van der Waals surface area contributed by atoms with Gasteiger partial charge in [0.2, 0.25) is 0 Å². The van der Waals surface area contributed by atoms with Crippen LogP contribution in [0.5, 0.6) is 0 Å². The summed E-state index contributed by atoms with van der Waals surface area (Å²) in [6, 6.07) is 7.39. The molecule has 1 aromatic carbocycles. The predicted octanol–water partition coefficient (Wildman–Crippen LogP) is 3.23. The van der Waals surface area contributed by atoms with Crippen molar-refractivity contribution in [3.8, 4) is 0 Å². The van der Waals surface area contributed by atoms with E-state index >= 15 is 0 Å². The lowest BCUT2D eigenvalue weighted by atomic mass is 10.0. The normalized spacial score (nSPS) is 16.8. The molecule has 7 nitrogen and oxygen atoms in total. The maximum absolute atomic E-state index is 12.8. The SMILES string of the molecule is Cc1cc(C(=O)Nc2cccc(C(=O)N3CCCCC3C(=O)O)c2)c(C)o1. The zero-order valence-electron chi connectivity index (χ0n) is 15.3. The summed E-state index contributed by atoms with van der Waals surface area (Å²) in [4.78, 5) is 38.1. The number of carbonyl (C=O) groups is 3. The van der Waals surface area contributed by atoms with Crippen molar-refractivity contribution in [3.63, 3.8) is 0 Å². The molecule has 2 heterocycles. The molecule has 142 valence electrons. The van der Waals surface area contributed by atoms with Crippen molar-refractivity contribution in [2.75, 3.05) is 11.9 Å². The molecule has 1 unspecified atom stereocenters. The van der Waals surface area contributed by atoms with E-state index in [0.29, 0.717) is 41.3 Å². The third kappa shape index (κ3) is 4.02. The van der Waals surface area contributed by atoms with Gasteiger partial charge in [-0.25, -0.2) is 4.79 Å². The quantitative estimate of drug-likeness (QED) is 0.861. The fourth-order valence-corrected chi connectivity index (χ4v) is 3.38. The molecule has 1 fully saturated rings. The largest absolute Gasteiger partial charge is 0.480 e. The van der Waals surface area contributed by atoms with Crippen LogP contribution in [0.15, 0.2) is 34.7 Å². The molecule has 1 saturated heterocycles. The van der Waals surface area contributed by atoms with Gasteiger partial charge in [0.15, 0.2) is 0 Å². The summed E-state index contributed by atoms with van der Waals surface area (Å²) in [5, 5.41) is 12.1. The summed E-state index contributed by atoms with van der Waals surface area (Å²) in [5.41, 5.74) is 1.25. The number of carbonyl (C=O) groups excluding carboxylic acids is 2. The fraction of sp³-hybridized carbons (Fsp3) is 0.350. The second-order valence-corrected chi connectivity index (χ2v) is 6.71. The molecule has 0 bridgehead atoms. The zero-order chi connectivity index (χ0) is 19.6. The minimum Gasteiger partial charge on any atom is -0.480 e. The van der Waals surface area contributed by atoms with Gasteiger partial charge >= 0.3 is 5.97 Å². The second kappa shape index (κ2) is 7.65. The summed E-state index contributed by atoms with van der Waals surface area (Å²) >= 11 is 0. The highest BCUT2D eigenvalue weighted by atomic mass is 16.4. The van der Waals surface area contributed by atoms with Gasteiger partial charge in [0.25, 0.3) is 11.8 Å². The van der Waals surface area contributed by atoms with Crippen LogP contribution in [-0.2, 0) is 4.79 Å². The number of likely N-dealkylation sites (tertiary alicyclic amines) is 1. The number of piperidine rings is 1. The van der Waals surface area contributed by atoms with Crippen LogP contribution < -0.4 is 5.32 Å². The molecule has 3 rings (SSSR count). The number of aryl methyl sites for hydroxylation is 2. The molecule has 2 N–H and O–H groups in total.